The summed E-state index contributed by atoms with van der Waals surface area (Å²) in [5.41, 5.74) is 2.78. The summed E-state index contributed by atoms with van der Waals surface area (Å²) >= 11 is 0. The molecule has 0 aliphatic heterocycles. The molecule has 0 unspecified atom stereocenters. The number of benzene rings is 1. The quantitative estimate of drug-likeness (QED) is 0.789. The zero-order valence-electron chi connectivity index (χ0n) is 10.8. The first-order valence-electron chi connectivity index (χ1n) is 6.02. The Morgan fingerprint density at radius 3 is 2.33 bits per heavy atom. The molecule has 0 saturated heterocycles. The first kappa shape index (κ1) is 14.2. The number of aryl methyl sites for hydroxylation is 1. The molecular weight excluding hydrogens is 182 g/mol. The monoisotopic (exact) mass is 207 g/mol. The fourth-order valence-corrected chi connectivity index (χ4v) is 1.24. The predicted octanol–water partition coefficient (Wildman–Crippen LogP) is 3.91. The van der Waals surface area contributed by atoms with Gasteiger partial charge in [-0.25, -0.2) is 0 Å². The van der Waals surface area contributed by atoms with Crippen molar-refractivity contribution in [1.29, 1.82) is 0 Å². The van der Waals surface area contributed by atoms with Crippen molar-refractivity contribution >= 4 is 0 Å². The van der Waals surface area contributed by atoms with Gasteiger partial charge in [-0.2, -0.15) is 0 Å². The second kappa shape index (κ2) is 8.49. The molecule has 1 N–H and O–H groups in total. The number of hydrogen-bond donors (Lipinski definition) is 1. The summed E-state index contributed by atoms with van der Waals surface area (Å²) in [7, 11) is 0. The molecule has 0 aliphatic rings. The number of hydrogen-bond acceptors (Lipinski definition) is 1. The summed E-state index contributed by atoms with van der Waals surface area (Å²) in [6.45, 7) is 11.6. The minimum absolute atomic E-state index is 0.611. The van der Waals surface area contributed by atoms with E-state index in [-0.39, 0.29) is 0 Å². The van der Waals surface area contributed by atoms with Crippen molar-refractivity contribution in [3.63, 3.8) is 0 Å². The third-order valence-electron chi connectivity index (χ3n) is 2.51. The Balaban J connectivity index is 0.000000921. The van der Waals surface area contributed by atoms with E-state index in [0.717, 1.165) is 6.54 Å². The summed E-state index contributed by atoms with van der Waals surface area (Å²) in [6, 6.07) is 9.14. The lowest BCUT2D eigenvalue weighted by molar-refractivity contribution is 0.533. The second-order valence-corrected chi connectivity index (χ2v) is 3.62. The molecule has 0 aliphatic carbocycles. The fraction of sp³-hybridized carbons (Fsp3) is 0.571. The topological polar surface area (TPSA) is 12.0 Å². The molecule has 1 rings (SSSR count). The summed E-state index contributed by atoms with van der Waals surface area (Å²) in [4.78, 5) is 0. The zero-order valence-corrected chi connectivity index (χ0v) is 10.8. The molecule has 1 aromatic rings. The molecule has 1 aromatic carbocycles. The number of nitrogens with one attached hydrogen (secondary N) is 1. The predicted molar refractivity (Wildman–Crippen MR) is 69.1 cm³/mol. The third-order valence-corrected chi connectivity index (χ3v) is 2.51. The van der Waals surface area contributed by atoms with Gasteiger partial charge in [-0.1, -0.05) is 45.0 Å². The van der Waals surface area contributed by atoms with Crippen LogP contribution in [-0.4, -0.2) is 6.04 Å². The van der Waals surface area contributed by atoms with Crippen LogP contribution in [0.1, 0.15) is 45.2 Å². The van der Waals surface area contributed by atoms with Gasteiger partial charge in [0.25, 0.3) is 0 Å². The Morgan fingerprint density at radius 1 is 1.20 bits per heavy atom. The third kappa shape index (κ3) is 5.58. The lowest BCUT2D eigenvalue weighted by Crippen LogP contribution is -2.24. The van der Waals surface area contributed by atoms with E-state index in [4.69, 9.17) is 0 Å². The molecular formula is C14H25N. The molecule has 1 heteroatoms. The molecule has 15 heavy (non-hydrogen) atoms. The molecule has 0 saturated carbocycles. The van der Waals surface area contributed by atoms with Gasteiger partial charge >= 0.3 is 0 Å². The molecule has 0 spiro atoms. The van der Waals surface area contributed by atoms with E-state index in [1.165, 1.54) is 17.5 Å². The highest BCUT2D eigenvalue weighted by Crippen LogP contribution is 2.06. The van der Waals surface area contributed by atoms with Crippen molar-refractivity contribution in [3.05, 3.63) is 35.4 Å². The van der Waals surface area contributed by atoms with E-state index >= 15 is 0 Å². The van der Waals surface area contributed by atoms with Gasteiger partial charge in [0.15, 0.2) is 0 Å². The van der Waals surface area contributed by atoms with Crippen LogP contribution in [0.15, 0.2) is 24.3 Å². The summed E-state index contributed by atoms with van der Waals surface area (Å²) in [6.07, 6.45) is 1.19. The van der Waals surface area contributed by atoms with Crippen LogP contribution in [0.4, 0.5) is 0 Å². The average molecular weight is 207 g/mol. The largest absolute Gasteiger partial charge is 0.310 e. The lowest BCUT2D eigenvalue weighted by Gasteiger charge is -2.12. The Bertz CT molecular complexity index is 255. The smallest absolute Gasteiger partial charge is 0.0210 e. The van der Waals surface area contributed by atoms with Crippen molar-refractivity contribution in [2.45, 2.75) is 53.6 Å². The van der Waals surface area contributed by atoms with Gasteiger partial charge in [0.1, 0.15) is 0 Å². The highest BCUT2D eigenvalue weighted by Gasteiger charge is 1.99. The van der Waals surface area contributed by atoms with Crippen LogP contribution in [0, 0.1) is 6.92 Å². The van der Waals surface area contributed by atoms with Gasteiger partial charge in [0, 0.05) is 12.6 Å². The summed E-state index contributed by atoms with van der Waals surface area (Å²) in [5, 5.41) is 3.49. The molecule has 1 atom stereocenters. The van der Waals surface area contributed by atoms with E-state index < -0.39 is 0 Å². The van der Waals surface area contributed by atoms with Crippen LogP contribution in [0.2, 0.25) is 0 Å². The number of rotatable bonds is 4. The van der Waals surface area contributed by atoms with Crippen molar-refractivity contribution < 1.29 is 0 Å². The highest BCUT2D eigenvalue weighted by molar-refractivity contribution is 5.25. The maximum atomic E-state index is 3.49. The van der Waals surface area contributed by atoms with Gasteiger partial charge in [-0.05, 0) is 31.4 Å². The van der Waals surface area contributed by atoms with Crippen molar-refractivity contribution in [2.75, 3.05) is 0 Å². The maximum Gasteiger partial charge on any atom is 0.0210 e. The maximum absolute atomic E-state index is 3.49. The Kier molecular flexibility index (Phi) is 8.02. The zero-order chi connectivity index (χ0) is 11.7. The van der Waals surface area contributed by atoms with E-state index in [0.29, 0.717) is 6.04 Å². The summed E-state index contributed by atoms with van der Waals surface area (Å²) in [5.74, 6) is 0. The average Bonchev–Trinajstić information content (AvgIpc) is 2.30. The van der Waals surface area contributed by atoms with Gasteiger partial charge in [-0.15, -0.1) is 0 Å². The molecule has 0 fully saturated rings. The molecule has 0 heterocycles. The van der Waals surface area contributed by atoms with Crippen LogP contribution >= 0.6 is 0 Å². The molecule has 0 amide bonds. The van der Waals surface area contributed by atoms with E-state index in [1.807, 2.05) is 13.8 Å². The van der Waals surface area contributed by atoms with Gasteiger partial charge in [0.05, 0.1) is 0 Å². The lowest BCUT2D eigenvalue weighted by atomic mass is 10.1. The van der Waals surface area contributed by atoms with Crippen molar-refractivity contribution in [1.82, 2.24) is 5.32 Å². The minimum atomic E-state index is 0.611. The molecule has 1 nitrogen and oxygen atoms in total. The Morgan fingerprint density at radius 2 is 1.80 bits per heavy atom. The normalized spacial score (nSPS) is 11.5. The fourth-order valence-electron chi connectivity index (χ4n) is 1.24. The standard InChI is InChI=1S/C12H19N.C2H6/c1-4-11(3)13-9-12-8-6-5-7-10(12)2;1-2/h5-8,11,13H,4,9H2,1-3H3;1-2H3/t11-;/m0./s1. The van der Waals surface area contributed by atoms with Crippen molar-refractivity contribution in [2.24, 2.45) is 0 Å². The molecule has 86 valence electrons. The molecule has 0 radical (unpaired) electrons. The first-order valence-corrected chi connectivity index (χ1v) is 6.02. The first-order chi connectivity index (χ1) is 7.24. The summed E-state index contributed by atoms with van der Waals surface area (Å²) < 4.78 is 0. The van der Waals surface area contributed by atoms with Crippen LogP contribution in [0.25, 0.3) is 0 Å². The van der Waals surface area contributed by atoms with Gasteiger partial charge < -0.3 is 5.32 Å². The van der Waals surface area contributed by atoms with E-state index in [2.05, 4.69) is 50.4 Å². The van der Waals surface area contributed by atoms with Crippen molar-refractivity contribution in [3.8, 4) is 0 Å². The van der Waals surface area contributed by atoms with Gasteiger partial charge in [0.2, 0.25) is 0 Å². The van der Waals surface area contributed by atoms with Crippen LogP contribution < -0.4 is 5.32 Å². The van der Waals surface area contributed by atoms with Crippen LogP contribution in [0.3, 0.4) is 0 Å². The Labute approximate surface area is 94.9 Å². The van der Waals surface area contributed by atoms with E-state index in [9.17, 15) is 0 Å². The van der Waals surface area contributed by atoms with E-state index in [1.54, 1.807) is 0 Å². The SMILES string of the molecule is CC.CC[C@H](C)NCc1ccccc1C. The minimum Gasteiger partial charge on any atom is -0.310 e. The van der Waals surface area contributed by atoms with Crippen LogP contribution in [0.5, 0.6) is 0 Å². The van der Waals surface area contributed by atoms with Crippen LogP contribution in [-0.2, 0) is 6.54 Å². The highest BCUT2D eigenvalue weighted by atomic mass is 14.9. The Hall–Kier alpha value is -0.820. The second-order valence-electron chi connectivity index (χ2n) is 3.62. The molecule has 0 aromatic heterocycles. The molecule has 0 bridgehead atoms. The van der Waals surface area contributed by atoms with Gasteiger partial charge in [-0.3, -0.25) is 0 Å².